The lowest BCUT2D eigenvalue weighted by Crippen LogP contribution is -2.43. The summed E-state index contributed by atoms with van der Waals surface area (Å²) >= 11 is 5.85. The number of benzene rings is 2. The van der Waals surface area contributed by atoms with Gasteiger partial charge in [0.05, 0.1) is 13.5 Å². The lowest BCUT2D eigenvalue weighted by molar-refractivity contribution is -0.141. The molecule has 0 saturated heterocycles. The summed E-state index contributed by atoms with van der Waals surface area (Å²) in [6, 6.07) is 10.3. The van der Waals surface area contributed by atoms with E-state index in [1.54, 1.807) is 43.3 Å². The molecule has 0 aliphatic carbocycles. The van der Waals surface area contributed by atoms with Crippen molar-refractivity contribution in [2.75, 3.05) is 7.11 Å². The zero-order chi connectivity index (χ0) is 21.8. The summed E-state index contributed by atoms with van der Waals surface area (Å²) in [4.78, 5) is 36.2. The molecule has 1 heterocycles. The number of ether oxygens (including phenoxy) is 1. The molecule has 30 heavy (non-hydrogen) atoms. The van der Waals surface area contributed by atoms with Gasteiger partial charge in [0, 0.05) is 28.5 Å². The van der Waals surface area contributed by atoms with Crippen LogP contribution in [0.25, 0.3) is 11.0 Å². The number of methoxy groups -OCH3 is 1. The lowest BCUT2D eigenvalue weighted by atomic mass is 10.0. The number of carbonyl (C=O) groups excluding carboxylic acids is 1. The highest BCUT2D eigenvalue weighted by molar-refractivity contribution is 6.30. The van der Waals surface area contributed by atoms with Crippen LogP contribution >= 0.6 is 11.6 Å². The van der Waals surface area contributed by atoms with Crippen molar-refractivity contribution in [3.8, 4) is 5.75 Å². The Balaban J connectivity index is 1.83. The standard InChI is InChI=1S/C22H20ClNO6/c1-12-18(29-2)8-7-16-14(11-20(26)30-21(12)16)10-19(25)24-17(22(27)28)9-13-3-5-15(23)6-4-13/h3-8,11,17H,9-10H2,1-2H3,(H,24,25)(H,27,28)/t17-/m1/s1. The molecule has 2 aromatic carbocycles. The van der Waals surface area contributed by atoms with Crippen molar-refractivity contribution >= 4 is 34.4 Å². The van der Waals surface area contributed by atoms with Crippen LogP contribution in [0.5, 0.6) is 5.75 Å². The van der Waals surface area contributed by atoms with Crippen molar-refractivity contribution in [2.45, 2.75) is 25.8 Å². The maximum atomic E-state index is 12.6. The summed E-state index contributed by atoms with van der Waals surface area (Å²) in [5.74, 6) is -1.12. The third-order valence-electron chi connectivity index (χ3n) is 4.75. The summed E-state index contributed by atoms with van der Waals surface area (Å²) in [7, 11) is 1.51. The molecule has 1 amide bonds. The highest BCUT2D eigenvalue weighted by atomic mass is 35.5. The van der Waals surface area contributed by atoms with E-state index in [0.717, 1.165) is 5.56 Å². The van der Waals surface area contributed by atoms with Gasteiger partial charge in [-0.05, 0) is 42.3 Å². The largest absolute Gasteiger partial charge is 0.496 e. The minimum absolute atomic E-state index is 0.103. The number of aryl methyl sites for hydroxylation is 1. The van der Waals surface area contributed by atoms with Crippen LogP contribution < -0.4 is 15.7 Å². The molecule has 8 heteroatoms. The molecule has 156 valence electrons. The second kappa shape index (κ2) is 9.00. The SMILES string of the molecule is COc1ccc2c(CC(=O)N[C@H](Cc3ccc(Cl)cc3)C(=O)O)cc(=O)oc2c1C. The number of halogens is 1. The quantitative estimate of drug-likeness (QED) is 0.559. The molecule has 7 nitrogen and oxygen atoms in total. The zero-order valence-electron chi connectivity index (χ0n) is 16.4. The summed E-state index contributed by atoms with van der Waals surface area (Å²) in [5, 5.41) is 13.1. The average Bonchev–Trinajstić information content (AvgIpc) is 2.69. The minimum atomic E-state index is -1.16. The van der Waals surface area contributed by atoms with Crippen molar-refractivity contribution in [1.82, 2.24) is 5.32 Å². The molecule has 2 N–H and O–H groups in total. The zero-order valence-corrected chi connectivity index (χ0v) is 17.2. The van der Waals surface area contributed by atoms with Crippen molar-refractivity contribution in [1.29, 1.82) is 0 Å². The maximum absolute atomic E-state index is 12.6. The van der Waals surface area contributed by atoms with Crippen LogP contribution in [0.15, 0.2) is 51.7 Å². The number of carbonyl (C=O) groups is 2. The summed E-state index contributed by atoms with van der Waals surface area (Å²) in [6.45, 7) is 1.75. The molecule has 1 atom stereocenters. The van der Waals surface area contributed by atoms with Crippen LogP contribution in [0.3, 0.4) is 0 Å². The molecule has 1 aromatic heterocycles. The van der Waals surface area contributed by atoms with Gasteiger partial charge in [-0.3, -0.25) is 4.79 Å². The van der Waals surface area contributed by atoms with E-state index in [0.29, 0.717) is 32.9 Å². The predicted octanol–water partition coefficient (Wildman–Crippen LogP) is 3.12. The Kier molecular flexibility index (Phi) is 6.42. The third-order valence-corrected chi connectivity index (χ3v) is 5.01. The fourth-order valence-electron chi connectivity index (χ4n) is 3.25. The van der Waals surface area contributed by atoms with Crippen LogP contribution in [0.4, 0.5) is 0 Å². The molecule has 0 aliphatic rings. The molecule has 3 aromatic rings. The van der Waals surface area contributed by atoms with E-state index in [-0.39, 0.29) is 12.8 Å². The maximum Gasteiger partial charge on any atom is 0.336 e. The Morgan fingerprint density at radius 2 is 1.90 bits per heavy atom. The highest BCUT2D eigenvalue weighted by Crippen LogP contribution is 2.28. The van der Waals surface area contributed by atoms with Crippen LogP contribution in [0, 0.1) is 6.92 Å². The highest BCUT2D eigenvalue weighted by Gasteiger charge is 2.22. The van der Waals surface area contributed by atoms with Gasteiger partial charge in [0.1, 0.15) is 17.4 Å². The number of hydrogen-bond donors (Lipinski definition) is 2. The van der Waals surface area contributed by atoms with Crippen LogP contribution in [-0.4, -0.2) is 30.1 Å². The number of carboxylic acid groups (broad SMARTS) is 1. The molecule has 0 aliphatic heterocycles. The van der Waals surface area contributed by atoms with Gasteiger partial charge < -0.3 is 19.6 Å². The average molecular weight is 430 g/mol. The first-order valence-corrected chi connectivity index (χ1v) is 9.53. The van der Waals surface area contributed by atoms with E-state index >= 15 is 0 Å². The predicted molar refractivity (Wildman–Crippen MR) is 112 cm³/mol. The Bertz CT molecular complexity index is 1150. The molecular weight excluding hydrogens is 410 g/mol. The fourth-order valence-corrected chi connectivity index (χ4v) is 3.38. The van der Waals surface area contributed by atoms with Gasteiger partial charge in [0.15, 0.2) is 0 Å². The van der Waals surface area contributed by atoms with Gasteiger partial charge in [0.25, 0.3) is 0 Å². The summed E-state index contributed by atoms with van der Waals surface area (Å²) in [5.41, 5.74) is 1.54. The number of amides is 1. The van der Waals surface area contributed by atoms with E-state index in [2.05, 4.69) is 5.32 Å². The third kappa shape index (κ3) is 4.80. The van der Waals surface area contributed by atoms with Gasteiger partial charge in [-0.25, -0.2) is 9.59 Å². The molecule has 3 rings (SSSR count). The Morgan fingerprint density at radius 3 is 2.53 bits per heavy atom. The molecule has 0 unspecified atom stereocenters. The van der Waals surface area contributed by atoms with E-state index in [4.69, 9.17) is 20.8 Å². The summed E-state index contributed by atoms with van der Waals surface area (Å²) < 4.78 is 10.5. The van der Waals surface area contributed by atoms with Gasteiger partial charge in [-0.1, -0.05) is 23.7 Å². The van der Waals surface area contributed by atoms with Crippen molar-refractivity contribution in [2.24, 2.45) is 0 Å². The summed E-state index contributed by atoms with van der Waals surface area (Å²) in [6.07, 6.45) is -0.0650. The Morgan fingerprint density at radius 1 is 1.20 bits per heavy atom. The molecule has 0 fully saturated rings. The topological polar surface area (TPSA) is 106 Å². The Hall–Kier alpha value is -3.32. The molecule has 0 saturated carbocycles. The van der Waals surface area contributed by atoms with E-state index in [9.17, 15) is 19.5 Å². The fraction of sp³-hybridized carbons (Fsp3) is 0.227. The molecule has 0 radical (unpaired) electrons. The van der Waals surface area contributed by atoms with E-state index in [1.165, 1.54) is 13.2 Å². The lowest BCUT2D eigenvalue weighted by Gasteiger charge is -2.15. The van der Waals surface area contributed by atoms with Crippen LogP contribution in [0.1, 0.15) is 16.7 Å². The number of nitrogens with one attached hydrogen (secondary N) is 1. The second-order valence-electron chi connectivity index (χ2n) is 6.83. The van der Waals surface area contributed by atoms with E-state index in [1.807, 2.05) is 0 Å². The minimum Gasteiger partial charge on any atom is -0.496 e. The number of rotatable bonds is 7. The normalized spacial score (nSPS) is 11.8. The van der Waals surface area contributed by atoms with E-state index < -0.39 is 23.5 Å². The number of carboxylic acids is 1. The first-order valence-electron chi connectivity index (χ1n) is 9.15. The smallest absolute Gasteiger partial charge is 0.336 e. The monoisotopic (exact) mass is 429 g/mol. The van der Waals surface area contributed by atoms with Gasteiger partial charge in [-0.2, -0.15) is 0 Å². The second-order valence-corrected chi connectivity index (χ2v) is 7.26. The first kappa shape index (κ1) is 21.4. The van der Waals surface area contributed by atoms with Crippen LogP contribution in [-0.2, 0) is 22.4 Å². The molecule has 0 spiro atoms. The first-order chi connectivity index (χ1) is 14.3. The van der Waals surface area contributed by atoms with Crippen molar-refractivity contribution in [3.05, 3.63) is 74.6 Å². The Labute approximate surface area is 177 Å². The van der Waals surface area contributed by atoms with Gasteiger partial charge >= 0.3 is 11.6 Å². The van der Waals surface area contributed by atoms with Crippen molar-refractivity contribution in [3.63, 3.8) is 0 Å². The number of aliphatic carboxylic acids is 1. The molecule has 0 bridgehead atoms. The number of hydrogen-bond acceptors (Lipinski definition) is 5. The number of fused-ring (bicyclic) bond motifs is 1. The van der Waals surface area contributed by atoms with Gasteiger partial charge in [0.2, 0.25) is 5.91 Å². The molecular formula is C22H20ClNO6. The van der Waals surface area contributed by atoms with Crippen LogP contribution in [0.2, 0.25) is 5.02 Å². The van der Waals surface area contributed by atoms with Crippen molar-refractivity contribution < 1.29 is 23.8 Å². The van der Waals surface area contributed by atoms with Gasteiger partial charge in [-0.15, -0.1) is 0 Å².